The first-order valence-corrected chi connectivity index (χ1v) is 6.54. The van der Waals surface area contributed by atoms with Crippen LogP contribution in [0, 0.1) is 11.6 Å². The topological polar surface area (TPSA) is 42.7 Å². The minimum Gasteiger partial charge on any atom is -0.312 e. The Bertz CT molecular complexity index is 560. The number of nitrogens with zero attached hydrogens (tertiary/aromatic N) is 3. The van der Waals surface area contributed by atoms with Gasteiger partial charge in [0, 0.05) is 24.1 Å². The molecule has 0 spiro atoms. The second-order valence-electron chi connectivity index (χ2n) is 4.90. The Morgan fingerprint density at radius 1 is 1.25 bits per heavy atom. The van der Waals surface area contributed by atoms with Crippen LogP contribution in [0.15, 0.2) is 24.5 Å². The van der Waals surface area contributed by atoms with Crippen molar-refractivity contribution in [3.63, 3.8) is 0 Å². The van der Waals surface area contributed by atoms with Crippen molar-refractivity contribution >= 4 is 0 Å². The molecule has 1 aromatic heterocycles. The summed E-state index contributed by atoms with van der Waals surface area (Å²) in [5, 5.41) is 7.08. The highest BCUT2D eigenvalue weighted by Gasteiger charge is 2.21. The van der Waals surface area contributed by atoms with Crippen LogP contribution in [-0.2, 0) is 6.42 Å². The lowest BCUT2D eigenvalue weighted by atomic mass is 10.0. The third-order valence-corrected chi connectivity index (χ3v) is 3.22. The van der Waals surface area contributed by atoms with Crippen LogP contribution in [0.1, 0.15) is 37.3 Å². The van der Waals surface area contributed by atoms with Crippen LogP contribution in [-0.4, -0.2) is 21.8 Å². The Morgan fingerprint density at radius 2 is 1.90 bits per heavy atom. The van der Waals surface area contributed by atoms with Crippen molar-refractivity contribution in [1.29, 1.82) is 0 Å². The van der Waals surface area contributed by atoms with Gasteiger partial charge < -0.3 is 5.32 Å². The molecule has 0 saturated heterocycles. The Labute approximate surface area is 116 Å². The molecule has 0 radical (unpaired) electrons. The first-order chi connectivity index (χ1) is 9.54. The van der Waals surface area contributed by atoms with Gasteiger partial charge in [-0.3, -0.25) is 0 Å². The maximum atomic E-state index is 13.9. The van der Waals surface area contributed by atoms with Crippen molar-refractivity contribution in [1.82, 2.24) is 20.1 Å². The van der Waals surface area contributed by atoms with Gasteiger partial charge in [-0.05, 0) is 33.0 Å². The molecule has 108 valence electrons. The van der Waals surface area contributed by atoms with Crippen LogP contribution < -0.4 is 5.32 Å². The van der Waals surface area contributed by atoms with E-state index >= 15 is 0 Å². The summed E-state index contributed by atoms with van der Waals surface area (Å²) in [7, 11) is 1.67. The zero-order valence-electron chi connectivity index (χ0n) is 11.8. The zero-order chi connectivity index (χ0) is 14.7. The van der Waals surface area contributed by atoms with Gasteiger partial charge in [0.05, 0.1) is 0 Å². The highest BCUT2D eigenvalue weighted by Crippen LogP contribution is 2.23. The number of hydrogen-bond acceptors (Lipinski definition) is 3. The summed E-state index contributed by atoms with van der Waals surface area (Å²) in [6, 6.07) is 3.54. The lowest BCUT2D eigenvalue weighted by Crippen LogP contribution is -2.23. The van der Waals surface area contributed by atoms with E-state index < -0.39 is 17.7 Å². The van der Waals surface area contributed by atoms with Crippen molar-refractivity contribution in [3.8, 4) is 0 Å². The summed E-state index contributed by atoms with van der Waals surface area (Å²) in [5.74, 6) is -0.415. The summed E-state index contributed by atoms with van der Waals surface area (Å²) < 4.78 is 29.5. The fourth-order valence-corrected chi connectivity index (χ4v) is 2.23. The van der Waals surface area contributed by atoms with E-state index in [-0.39, 0.29) is 11.6 Å². The fraction of sp³-hybridized carbons (Fsp3) is 0.429. The highest BCUT2D eigenvalue weighted by molar-refractivity contribution is 5.24. The molecule has 0 bridgehead atoms. The third kappa shape index (κ3) is 2.85. The average molecular weight is 280 g/mol. The minimum absolute atomic E-state index is 0.0355. The smallest absolute Gasteiger partial charge is 0.138 e. The lowest BCUT2D eigenvalue weighted by molar-refractivity contribution is 0.453. The molecule has 0 fully saturated rings. The number of rotatable bonds is 5. The predicted octanol–water partition coefficient (Wildman–Crippen LogP) is 2.64. The Kier molecular flexibility index (Phi) is 4.44. The molecule has 6 heteroatoms. The van der Waals surface area contributed by atoms with Crippen LogP contribution >= 0.6 is 0 Å². The zero-order valence-corrected chi connectivity index (χ0v) is 11.8. The Morgan fingerprint density at radius 3 is 2.45 bits per heavy atom. The molecule has 1 unspecified atom stereocenters. The molecule has 0 saturated carbocycles. The first-order valence-electron chi connectivity index (χ1n) is 6.54. The van der Waals surface area contributed by atoms with Gasteiger partial charge in [-0.25, -0.2) is 18.4 Å². The second kappa shape index (κ2) is 6.09. The van der Waals surface area contributed by atoms with Crippen LogP contribution in [0.5, 0.6) is 0 Å². The summed E-state index contributed by atoms with van der Waals surface area (Å²) in [6.45, 7) is 3.96. The van der Waals surface area contributed by atoms with Crippen LogP contribution in [0.25, 0.3) is 0 Å². The molecule has 0 aliphatic heterocycles. The highest BCUT2D eigenvalue weighted by atomic mass is 19.1. The molecular formula is C14H18F2N4. The van der Waals surface area contributed by atoms with E-state index in [1.807, 2.05) is 13.8 Å². The standard InChI is InChI=1S/C14H18F2N4/c1-9(2)20-13(18-8-19-20)7-12(17-3)14-10(15)5-4-6-11(14)16/h4-6,8-9,12,17H,7H2,1-3H3. The van der Waals surface area contributed by atoms with Gasteiger partial charge in [-0.15, -0.1) is 0 Å². The van der Waals surface area contributed by atoms with E-state index in [1.165, 1.54) is 24.5 Å². The molecule has 2 aromatic rings. The lowest BCUT2D eigenvalue weighted by Gasteiger charge is -2.19. The van der Waals surface area contributed by atoms with E-state index in [4.69, 9.17) is 0 Å². The molecule has 1 aromatic carbocycles. The molecule has 0 aliphatic carbocycles. The maximum absolute atomic E-state index is 13.9. The third-order valence-electron chi connectivity index (χ3n) is 3.22. The monoisotopic (exact) mass is 280 g/mol. The molecule has 1 heterocycles. The number of halogens is 2. The Balaban J connectivity index is 2.32. The number of aromatic nitrogens is 3. The molecule has 1 N–H and O–H groups in total. The number of benzene rings is 1. The van der Waals surface area contributed by atoms with Crippen molar-refractivity contribution in [2.24, 2.45) is 0 Å². The fourth-order valence-electron chi connectivity index (χ4n) is 2.23. The first kappa shape index (κ1) is 14.6. The summed E-state index contributed by atoms with van der Waals surface area (Å²) in [4.78, 5) is 4.18. The maximum Gasteiger partial charge on any atom is 0.138 e. The molecule has 4 nitrogen and oxygen atoms in total. The van der Waals surface area contributed by atoms with Crippen LogP contribution in [0.2, 0.25) is 0 Å². The summed E-state index contributed by atoms with van der Waals surface area (Å²) in [5.41, 5.74) is 0.0355. The van der Waals surface area contributed by atoms with Crippen molar-refractivity contribution in [2.75, 3.05) is 7.05 Å². The molecule has 20 heavy (non-hydrogen) atoms. The van der Waals surface area contributed by atoms with Gasteiger partial charge in [0.25, 0.3) is 0 Å². The van der Waals surface area contributed by atoms with E-state index in [0.29, 0.717) is 12.2 Å². The summed E-state index contributed by atoms with van der Waals surface area (Å²) in [6.07, 6.45) is 1.83. The van der Waals surface area contributed by atoms with Crippen LogP contribution in [0.3, 0.4) is 0 Å². The largest absolute Gasteiger partial charge is 0.312 e. The van der Waals surface area contributed by atoms with E-state index in [0.717, 1.165) is 0 Å². The number of likely N-dealkylation sites (N-methyl/N-ethyl adjacent to an activating group) is 1. The molecule has 2 rings (SSSR count). The molecule has 0 aliphatic rings. The van der Waals surface area contributed by atoms with E-state index in [2.05, 4.69) is 15.4 Å². The second-order valence-corrected chi connectivity index (χ2v) is 4.90. The van der Waals surface area contributed by atoms with Gasteiger partial charge in [0.1, 0.15) is 23.8 Å². The van der Waals surface area contributed by atoms with Crippen LogP contribution in [0.4, 0.5) is 8.78 Å². The average Bonchev–Trinajstić information content (AvgIpc) is 2.85. The molecule has 0 amide bonds. The SMILES string of the molecule is CNC(Cc1ncnn1C(C)C)c1c(F)cccc1F. The number of hydrogen-bond donors (Lipinski definition) is 1. The molecular weight excluding hydrogens is 262 g/mol. The van der Waals surface area contributed by atoms with Gasteiger partial charge in [0.15, 0.2) is 0 Å². The van der Waals surface area contributed by atoms with Crippen molar-refractivity contribution in [3.05, 3.63) is 47.5 Å². The predicted molar refractivity (Wildman–Crippen MR) is 72.3 cm³/mol. The van der Waals surface area contributed by atoms with Gasteiger partial charge in [-0.2, -0.15) is 5.10 Å². The quantitative estimate of drug-likeness (QED) is 0.915. The Hall–Kier alpha value is -1.82. The molecule has 1 atom stereocenters. The van der Waals surface area contributed by atoms with Crippen molar-refractivity contribution < 1.29 is 8.78 Å². The number of nitrogens with one attached hydrogen (secondary N) is 1. The van der Waals surface area contributed by atoms with Gasteiger partial charge in [-0.1, -0.05) is 6.07 Å². The van der Waals surface area contributed by atoms with Gasteiger partial charge >= 0.3 is 0 Å². The van der Waals surface area contributed by atoms with Crippen molar-refractivity contribution in [2.45, 2.75) is 32.4 Å². The van der Waals surface area contributed by atoms with E-state index in [1.54, 1.807) is 11.7 Å². The normalized spacial score (nSPS) is 12.9. The van der Waals surface area contributed by atoms with E-state index in [9.17, 15) is 8.78 Å². The minimum atomic E-state index is -0.556. The summed E-state index contributed by atoms with van der Waals surface area (Å²) >= 11 is 0. The van der Waals surface area contributed by atoms with Gasteiger partial charge in [0.2, 0.25) is 0 Å².